The molecule has 1 fully saturated rings. The van der Waals surface area contributed by atoms with E-state index in [1.54, 1.807) is 13.8 Å². The van der Waals surface area contributed by atoms with Crippen molar-refractivity contribution in [3.05, 3.63) is 0 Å². The molecule has 5 heteroatoms. The average Bonchev–Trinajstić information content (AvgIpc) is 2.85. The molecule has 0 heterocycles. The van der Waals surface area contributed by atoms with E-state index in [0.717, 1.165) is 12.8 Å². The molecular weight excluding hydrogens is 191 g/mol. The molecule has 0 bridgehead atoms. The minimum absolute atomic E-state index is 0.349. The first-order valence-corrected chi connectivity index (χ1v) is 6.20. The van der Waals surface area contributed by atoms with Gasteiger partial charge in [0.2, 0.25) is 0 Å². The van der Waals surface area contributed by atoms with Crippen LogP contribution in [0.1, 0.15) is 26.7 Å². The lowest BCUT2D eigenvalue weighted by Gasteiger charge is -2.15. The van der Waals surface area contributed by atoms with E-state index in [2.05, 4.69) is 0 Å². The fourth-order valence-corrected chi connectivity index (χ4v) is 2.16. The van der Waals surface area contributed by atoms with Crippen LogP contribution in [0.25, 0.3) is 0 Å². The quantitative estimate of drug-likeness (QED) is 0.603. The summed E-state index contributed by atoms with van der Waals surface area (Å²) < 4.78 is 26.7. The second-order valence-electron chi connectivity index (χ2n) is 3.02. The number of phosphoric ester groups is 1. The lowest BCUT2D eigenvalue weighted by Crippen LogP contribution is -2.02. The molecule has 1 aliphatic carbocycles. The maximum atomic E-state index is 11.7. The van der Waals surface area contributed by atoms with Crippen LogP contribution in [-0.2, 0) is 18.1 Å². The molecule has 1 rings (SSSR count). The second kappa shape index (κ2) is 5.11. The van der Waals surface area contributed by atoms with Crippen LogP contribution in [-0.4, -0.2) is 19.8 Å². The highest BCUT2D eigenvalue weighted by molar-refractivity contribution is 7.48. The van der Waals surface area contributed by atoms with Gasteiger partial charge in [0, 0.05) is 0 Å². The zero-order valence-corrected chi connectivity index (χ0v) is 9.09. The molecule has 0 aromatic carbocycles. The lowest BCUT2D eigenvalue weighted by atomic mass is 10.5. The minimum Gasteiger partial charge on any atom is -0.287 e. The smallest absolute Gasteiger partial charge is 0.287 e. The molecule has 0 unspecified atom stereocenters. The molecule has 0 aromatic heterocycles. The summed E-state index contributed by atoms with van der Waals surface area (Å²) in [6, 6.07) is 0. The van der Waals surface area contributed by atoms with Crippen LogP contribution in [0, 0.1) is 5.92 Å². The average molecular weight is 208 g/mol. The number of phosphoric acid groups is 1. The molecular formula is C8H17O4P. The Balaban J connectivity index is 2.29. The zero-order valence-electron chi connectivity index (χ0n) is 8.19. The summed E-state index contributed by atoms with van der Waals surface area (Å²) in [6.07, 6.45) is 2.33. The summed E-state index contributed by atoms with van der Waals surface area (Å²) in [5.74, 6) is 0.564. The molecule has 1 aliphatic rings. The SMILES string of the molecule is CCOP(=O)(OCC)OCC1CC1. The van der Waals surface area contributed by atoms with Crippen LogP contribution in [0.3, 0.4) is 0 Å². The summed E-state index contributed by atoms with van der Waals surface area (Å²) in [5, 5.41) is 0. The van der Waals surface area contributed by atoms with Crippen molar-refractivity contribution in [1.82, 2.24) is 0 Å². The Labute approximate surface area is 79.2 Å². The third kappa shape index (κ3) is 4.23. The summed E-state index contributed by atoms with van der Waals surface area (Å²) in [4.78, 5) is 0. The number of hydrogen-bond donors (Lipinski definition) is 0. The van der Waals surface area contributed by atoms with Gasteiger partial charge in [-0.3, -0.25) is 13.6 Å². The minimum atomic E-state index is -3.23. The molecule has 0 amide bonds. The summed E-state index contributed by atoms with van der Waals surface area (Å²) >= 11 is 0. The molecule has 0 radical (unpaired) electrons. The third-order valence-electron chi connectivity index (χ3n) is 1.74. The molecule has 0 N–H and O–H groups in total. The van der Waals surface area contributed by atoms with Crippen LogP contribution in [0.2, 0.25) is 0 Å². The first kappa shape index (κ1) is 11.2. The molecule has 0 aliphatic heterocycles. The number of hydrogen-bond acceptors (Lipinski definition) is 4. The third-order valence-corrected chi connectivity index (χ3v) is 3.35. The Morgan fingerprint density at radius 2 is 1.69 bits per heavy atom. The molecule has 0 spiro atoms. The Hall–Kier alpha value is 0.110. The standard InChI is InChI=1S/C8H17O4P/c1-3-10-13(9,11-4-2)12-7-8-5-6-8/h8H,3-7H2,1-2H3. The van der Waals surface area contributed by atoms with E-state index < -0.39 is 7.82 Å². The van der Waals surface area contributed by atoms with Crippen molar-refractivity contribution < 1.29 is 18.1 Å². The van der Waals surface area contributed by atoms with Crippen molar-refractivity contribution in [2.75, 3.05) is 19.8 Å². The first-order valence-electron chi connectivity index (χ1n) is 4.74. The molecule has 0 saturated heterocycles. The highest BCUT2D eigenvalue weighted by Gasteiger charge is 2.30. The Morgan fingerprint density at radius 1 is 1.15 bits per heavy atom. The molecule has 78 valence electrons. The van der Waals surface area contributed by atoms with Crippen molar-refractivity contribution in [3.63, 3.8) is 0 Å². The molecule has 4 nitrogen and oxygen atoms in total. The molecule has 1 saturated carbocycles. The van der Waals surface area contributed by atoms with Gasteiger partial charge in [0.05, 0.1) is 19.8 Å². The Morgan fingerprint density at radius 3 is 2.08 bits per heavy atom. The van der Waals surface area contributed by atoms with E-state index >= 15 is 0 Å². The summed E-state index contributed by atoms with van der Waals surface area (Å²) in [5.41, 5.74) is 0. The van der Waals surface area contributed by atoms with Gasteiger partial charge in [0.15, 0.2) is 0 Å². The van der Waals surface area contributed by atoms with E-state index in [1.165, 1.54) is 0 Å². The van der Waals surface area contributed by atoms with E-state index in [1.807, 2.05) is 0 Å². The van der Waals surface area contributed by atoms with Gasteiger partial charge >= 0.3 is 7.82 Å². The topological polar surface area (TPSA) is 44.8 Å². The van der Waals surface area contributed by atoms with E-state index in [9.17, 15) is 4.57 Å². The Bertz CT molecular complexity index is 181. The van der Waals surface area contributed by atoms with Gasteiger partial charge < -0.3 is 0 Å². The van der Waals surface area contributed by atoms with Gasteiger partial charge in [0.25, 0.3) is 0 Å². The van der Waals surface area contributed by atoms with E-state index in [0.29, 0.717) is 25.7 Å². The molecule has 0 aromatic rings. The largest absolute Gasteiger partial charge is 0.474 e. The van der Waals surface area contributed by atoms with Crippen LogP contribution in [0.4, 0.5) is 0 Å². The lowest BCUT2D eigenvalue weighted by molar-refractivity contribution is 0.118. The van der Waals surface area contributed by atoms with Crippen molar-refractivity contribution in [1.29, 1.82) is 0 Å². The molecule has 13 heavy (non-hydrogen) atoms. The van der Waals surface area contributed by atoms with Crippen molar-refractivity contribution >= 4 is 7.82 Å². The van der Waals surface area contributed by atoms with E-state index in [-0.39, 0.29) is 0 Å². The second-order valence-corrected chi connectivity index (χ2v) is 4.69. The zero-order chi connectivity index (χ0) is 9.73. The van der Waals surface area contributed by atoms with Gasteiger partial charge in [-0.05, 0) is 32.6 Å². The van der Waals surface area contributed by atoms with Crippen LogP contribution in [0.15, 0.2) is 0 Å². The van der Waals surface area contributed by atoms with Gasteiger partial charge in [-0.1, -0.05) is 0 Å². The van der Waals surface area contributed by atoms with Gasteiger partial charge in [0.1, 0.15) is 0 Å². The summed E-state index contributed by atoms with van der Waals surface area (Å²) in [6.45, 7) is 4.74. The maximum Gasteiger partial charge on any atom is 0.474 e. The van der Waals surface area contributed by atoms with E-state index in [4.69, 9.17) is 13.6 Å². The predicted molar refractivity (Wildman–Crippen MR) is 49.5 cm³/mol. The monoisotopic (exact) mass is 208 g/mol. The molecule has 0 atom stereocenters. The maximum absolute atomic E-state index is 11.7. The summed E-state index contributed by atoms with van der Waals surface area (Å²) in [7, 11) is -3.23. The fraction of sp³-hybridized carbons (Fsp3) is 1.00. The van der Waals surface area contributed by atoms with Crippen LogP contribution < -0.4 is 0 Å². The highest BCUT2D eigenvalue weighted by Crippen LogP contribution is 2.50. The highest BCUT2D eigenvalue weighted by atomic mass is 31.2. The van der Waals surface area contributed by atoms with Crippen molar-refractivity contribution in [2.45, 2.75) is 26.7 Å². The normalized spacial score (nSPS) is 17.7. The van der Waals surface area contributed by atoms with Crippen LogP contribution >= 0.6 is 7.82 Å². The Kier molecular flexibility index (Phi) is 4.39. The predicted octanol–water partition coefficient (Wildman–Crippen LogP) is 2.59. The van der Waals surface area contributed by atoms with Gasteiger partial charge in [-0.25, -0.2) is 4.57 Å². The van der Waals surface area contributed by atoms with Crippen molar-refractivity contribution in [3.8, 4) is 0 Å². The first-order chi connectivity index (χ1) is 6.20. The van der Waals surface area contributed by atoms with Gasteiger partial charge in [-0.15, -0.1) is 0 Å². The number of rotatable bonds is 7. The van der Waals surface area contributed by atoms with Crippen molar-refractivity contribution in [2.24, 2.45) is 5.92 Å². The fourth-order valence-electron chi connectivity index (χ4n) is 0.909. The van der Waals surface area contributed by atoms with Crippen LogP contribution in [0.5, 0.6) is 0 Å². The van der Waals surface area contributed by atoms with Gasteiger partial charge in [-0.2, -0.15) is 0 Å².